The lowest BCUT2D eigenvalue weighted by molar-refractivity contribution is -0.125. The Kier molecular flexibility index (Phi) is 5.81. The molecule has 1 amide bonds. The predicted molar refractivity (Wildman–Crippen MR) is 88.6 cm³/mol. The number of anilines is 1. The third-order valence-electron chi connectivity index (χ3n) is 4.44. The topological polar surface area (TPSA) is 32.3 Å². The van der Waals surface area contributed by atoms with Crippen LogP contribution in [0, 0.1) is 18.7 Å². The van der Waals surface area contributed by atoms with Crippen LogP contribution in [-0.4, -0.2) is 25.0 Å². The molecule has 1 aliphatic heterocycles. The summed E-state index contributed by atoms with van der Waals surface area (Å²) in [6.45, 7) is 7.79. The molecular formula is C18H27FN2O. The Balaban J connectivity index is 1.98. The molecule has 122 valence electrons. The van der Waals surface area contributed by atoms with Crippen molar-refractivity contribution in [1.29, 1.82) is 0 Å². The second-order valence-electron chi connectivity index (χ2n) is 6.41. The Morgan fingerprint density at radius 2 is 2.27 bits per heavy atom. The van der Waals surface area contributed by atoms with Crippen LogP contribution < -0.4 is 10.2 Å². The number of carbonyl (C=O) groups is 1. The van der Waals surface area contributed by atoms with Gasteiger partial charge in [0.15, 0.2) is 0 Å². The Morgan fingerprint density at radius 1 is 1.50 bits per heavy atom. The van der Waals surface area contributed by atoms with Crippen molar-refractivity contribution in [3.05, 3.63) is 29.6 Å². The molecule has 1 aromatic rings. The fourth-order valence-electron chi connectivity index (χ4n) is 3.19. The maximum Gasteiger partial charge on any atom is 0.223 e. The number of carbonyl (C=O) groups excluding carboxylic acids is 1. The lowest BCUT2D eigenvalue weighted by atomic mass is 10.0. The quantitative estimate of drug-likeness (QED) is 0.900. The summed E-state index contributed by atoms with van der Waals surface area (Å²) in [5, 5.41) is 3.18. The highest BCUT2D eigenvalue weighted by Crippen LogP contribution is 2.24. The molecule has 0 aromatic heterocycles. The number of nitrogens with one attached hydrogen (secondary N) is 1. The SMILES string of the molecule is CCCC(C)C(=O)NC1CCCN(c2ccc(F)cc2C)C1. The van der Waals surface area contributed by atoms with E-state index in [0.717, 1.165) is 50.0 Å². The molecule has 1 saturated heterocycles. The molecule has 22 heavy (non-hydrogen) atoms. The summed E-state index contributed by atoms with van der Waals surface area (Å²) in [6.07, 6.45) is 4.02. The zero-order valence-electron chi connectivity index (χ0n) is 13.9. The van der Waals surface area contributed by atoms with Gasteiger partial charge < -0.3 is 10.2 Å². The van der Waals surface area contributed by atoms with Gasteiger partial charge in [0.2, 0.25) is 5.91 Å². The highest BCUT2D eigenvalue weighted by Gasteiger charge is 2.24. The van der Waals surface area contributed by atoms with Crippen molar-refractivity contribution < 1.29 is 9.18 Å². The van der Waals surface area contributed by atoms with Gasteiger partial charge in [-0.3, -0.25) is 4.79 Å². The molecule has 1 aliphatic rings. The van der Waals surface area contributed by atoms with Crippen LogP contribution in [-0.2, 0) is 4.79 Å². The van der Waals surface area contributed by atoms with Crippen molar-refractivity contribution >= 4 is 11.6 Å². The maximum atomic E-state index is 13.2. The van der Waals surface area contributed by atoms with Crippen molar-refractivity contribution in [2.45, 2.75) is 52.5 Å². The van der Waals surface area contributed by atoms with Gasteiger partial charge >= 0.3 is 0 Å². The van der Waals surface area contributed by atoms with Crippen LogP contribution in [0.15, 0.2) is 18.2 Å². The molecule has 1 N–H and O–H groups in total. The third-order valence-corrected chi connectivity index (χ3v) is 4.44. The minimum Gasteiger partial charge on any atom is -0.369 e. The largest absolute Gasteiger partial charge is 0.369 e. The van der Waals surface area contributed by atoms with Crippen LogP contribution in [0.1, 0.15) is 45.1 Å². The van der Waals surface area contributed by atoms with Crippen molar-refractivity contribution in [3.8, 4) is 0 Å². The van der Waals surface area contributed by atoms with Crippen LogP contribution in [0.5, 0.6) is 0 Å². The normalized spacial score (nSPS) is 19.8. The van der Waals surface area contributed by atoms with E-state index >= 15 is 0 Å². The van der Waals surface area contributed by atoms with Crippen LogP contribution in [0.25, 0.3) is 0 Å². The first-order valence-corrected chi connectivity index (χ1v) is 8.32. The molecule has 3 nitrogen and oxygen atoms in total. The lowest BCUT2D eigenvalue weighted by Crippen LogP contribution is -2.49. The van der Waals surface area contributed by atoms with Gasteiger partial charge in [-0.05, 0) is 49.9 Å². The Hall–Kier alpha value is -1.58. The van der Waals surface area contributed by atoms with E-state index in [1.165, 1.54) is 6.07 Å². The van der Waals surface area contributed by atoms with E-state index in [1.807, 2.05) is 19.9 Å². The van der Waals surface area contributed by atoms with E-state index in [-0.39, 0.29) is 23.7 Å². The number of benzene rings is 1. The molecule has 0 saturated carbocycles. The molecule has 1 fully saturated rings. The zero-order chi connectivity index (χ0) is 16.1. The summed E-state index contributed by atoms with van der Waals surface area (Å²) in [4.78, 5) is 14.4. The summed E-state index contributed by atoms with van der Waals surface area (Å²) in [6, 6.07) is 5.11. The van der Waals surface area contributed by atoms with Crippen LogP contribution in [0.2, 0.25) is 0 Å². The smallest absolute Gasteiger partial charge is 0.223 e. The molecule has 0 bridgehead atoms. The second kappa shape index (κ2) is 7.61. The fourth-order valence-corrected chi connectivity index (χ4v) is 3.19. The van der Waals surface area contributed by atoms with Crippen LogP contribution >= 0.6 is 0 Å². The molecule has 2 unspecified atom stereocenters. The maximum absolute atomic E-state index is 13.2. The Labute approximate surface area is 132 Å². The third kappa shape index (κ3) is 4.21. The molecule has 1 heterocycles. The molecule has 2 atom stereocenters. The lowest BCUT2D eigenvalue weighted by Gasteiger charge is -2.36. The number of rotatable bonds is 5. The standard InChI is InChI=1S/C18H27FN2O/c1-4-6-13(2)18(22)20-16-7-5-10-21(12-16)17-9-8-15(19)11-14(17)3/h8-9,11,13,16H,4-7,10,12H2,1-3H3,(H,20,22). The number of hydrogen-bond donors (Lipinski definition) is 1. The molecule has 1 aromatic carbocycles. The number of halogens is 1. The molecule has 2 rings (SSSR count). The molecule has 0 radical (unpaired) electrons. The fraction of sp³-hybridized carbons (Fsp3) is 0.611. The van der Waals surface area contributed by atoms with Gasteiger partial charge in [0, 0.05) is 30.7 Å². The van der Waals surface area contributed by atoms with Crippen LogP contribution in [0.3, 0.4) is 0 Å². The first-order valence-electron chi connectivity index (χ1n) is 8.32. The first kappa shape index (κ1) is 16.8. The Morgan fingerprint density at radius 3 is 2.95 bits per heavy atom. The van der Waals surface area contributed by atoms with Crippen molar-refractivity contribution in [1.82, 2.24) is 5.32 Å². The molecule has 4 heteroatoms. The summed E-state index contributed by atoms with van der Waals surface area (Å²) in [5.41, 5.74) is 2.02. The second-order valence-corrected chi connectivity index (χ2v) is 6.41. The Bertz CT molecular complexity index is 518. The van der Waals surface area contributed by atoms with Gasteiger partial charge in [-0.1, -0.05) is 20.3 Å². The van der Waals surface area contributed by atoms with Crippen molar-refractivity contribution in [3.63, 3.8) is 0 Å². The molecule has 0 spiro atoms. The van der Waals surface area contributed by atoms with E-state index in [9.17, 15) is 9.18 Å². The van der Waals surface area contributed by atoms with E-state index in [2.05, 4.69) is 17.1 Å². The number of piperidine rings is 1. The van der Waals surface area contributed by atoms with E-state index < -0.39 is 0 Å². The molecule has 0 aliphatic carbocycles. The summed E-state index contributed by atoms with van der Waals surface area (Å²) in [5.74, 6) is 0.0361. The number of aryl methyl sites for hydroxylation is 1. The monoisotopic (exact) mass is 306 g/mol. The van der Waals surface area contributed by atoms with Crippen molar-refractivity contribution in [2.75, 3.05) is 18.0 Å². The van der Waals surface area contributed by atoms with E-state index in [4.69, 9.17) is 0 Å². The summed E-state index contributed by atoms with van der Waals surface area (Å²) >= 11 is 0. The van der Waals surface area contributed by atoms with Crippen LogP contribution in [0.4, 0.5) is 10.1 Å². The van der Waals surface area contributed by atoms with Gasteiger partial charge in [-0.15, -0.1) is 0 Å². The van der Waals surface area contributed by atoms with Gasteiger partial charge in [0.05, 0.1) is 0 Å². The van der Waals surface area contributed by atoms with Gasteiger partial charge in [0.25, 0.3) is 0 Å². The highest BCUT2D eigenvalue weighted by molar-refractivity contribution is 5.78. The van der Waals surface area contributed by atoms with E-state index in [0.29, 0.717) is 0 Å². The number of hydrogen-bond acceptors (Lipinski definition) is 2. The summed E-state index contributed by atoms with van der Waals surface area (Å²) < 4.78 is 13.2. The molecular weight excluding hydrogens is 279 g/mol. The number of nitrogens with zero attached hydrogens (tertiary/aromatic N) is 1. The van der Waals surface area contributed by atoms with Gasteiger partial charge in [0.1, 0.15) is 5.82 Å². The number of amides is 1. The van der Waals surface area contributed by atoms with Gasteiger partial charge in [-0.2, -0.15) is 0 Å². The predicted octanol–water partition coefficient (Wildman–Crippen LogP) is 3.66. The first-order chi connectivity index (χ1) is 10.5. The minimum absolute atomic E-state index is 0.0768. The highest BCUT2D eigenvalue weighted by atomic mass is 19.1. The average molecular weight is 306 g/mol. The van der Waals surface area contributed by atoms with E-state index in [1.54, 1.807) is 6.07 Å². The summed E-state index contributed by atoms with van der Waals surface area (Å²) in [7, 11) is 0. The zero-order valence-corrected chi connectivity index (χ0v) is 13.9. The van der Waals surface area contributed by atoms with Gasteiger partial charge in [-0.25, -0.2) is 4.39 Å². The average Bonchev–Trinajstić information content (AvgIpc) is 2.47. The van der Waals surface area contributed by atoms with Crippen molar-refractivity contribution in [2.24, 2.45) is 5.92 Å². The minimum atomic E-state index is -0.198.